The van der Waals surface area contributed by atoms with Gasteiger partial charge in [-0.25, -0.2) is 9.97 Å². The van der Waals surface area contributed by atoms with Crippen LogP contribution >= 0.6 is 0 Å². The summed E-state index contributed by atoms with van der Waals surface area (Å²) in [6.45, 7) is 18.2. The van der Waals surface area contributed by atoms with Crippen molar-refractivity contribution in [2.24, 2.45) is 0 Å². The van der Waals surface area contributed by atoms with E-state index in [-0.39, 0.29) is 0 Å². The van der Waals surface area contributed by atoms with E-state index < -0.39 is 0 Å². The van der Waals surface area contributed by atoms with Crippen molar-refractivity contribution in [1.82, 2.24) is 9.97 Å². The summed E-state index contributed by atoms with van der Waals surface area (Å²) in [7, 11) is 0. The molecule has 2 aromatic rings. The minimum Gasteiger partial charge on any atom is -0.506 e. The van der Waals surface area contributed by atoms with Gasteiger partial charge < -0.3 is 20.8 Å². The third kappa shape index (κ3) is 22.8. The lowest BCUT2D eigenvalue weighted by Gasteiger charge is -2.13. The zero-order chi connectivity index (χ0) is 39.8. The highest BCUT2D eigenvalue weighted by molar-refractivity contribution is 5.55. The summed E-state index contributed by atoms with van der Waals surface area (Å²) < 4.78 is 0. The van der Waals surface area contributed by atoms with Crippen LogP contribution in [-0.4, -0.2) is 33.3 Å². The molecule has 0 radical (unpaired) electrons. The van der Waals surface area contributed by atoms with Gasteiger partial charge in [-0.3, -0.25) is 0 Å². The average molecular weight is 753 g/mol. The van der Waals surface area contributed by atoms with Crippen molar-refractivity contribution < 1.29 is 10.2 Å². The van der Waals surface area contributed by atoms with E-state index in [9.17, 15) is 10.2 Å². The Hall–Kier alpha value is -2.50. The van der Waals surface area contributed by atoms with Gasteiger partial charge in [-0.15, -0.1) is 0 Å². The molecule has 54 heavy (non-hydrogen) atoms. The molecule has 2 rings (SSSR count). The minimum absolute atomic E-state index is 0.328. The number of aromatic nitrogens is 2. The quantitative estimate of drug-likeness (QED) is 0.0556. The van der Waals surface area contributed by atoms with Crippen LogP contribution in [0.3, 0.4) is 0 Å². The summed E-state index contributed by atoms with van der Waals surface area (Å²) in [4.78, 5) is 8.95. The molecule has 0 aliphatic rings. The van der Waals surface area contributed by atoms with Crippen LogP contribution in [0.15, 0.2) is 0 Å². The molecule has 0 saturated carbocycles. The summed E-state index contributed by atoms with van der Waals surface area (Å²) in [5, 5.41) is 26.7. The second-order valence-electron chi connectivity index (χ2n) is 16.3. The molecule has 0 aliphatic carbocycles. The second kappa shape index (κ2) is 32.7. The Balaban J connectivity index is 0.000000540. The smallest absolute Gasteiger partial charge is 0.140 e. The molecule has 2 aromatic heterocycles. The van der Waals surface area contributed by atoms with Gasteiger partial charge in [0.2, 0.25) is 0 Å². The molecule has 0 fully saturated rings. The fraction of sp³-hybridized carbons (Fsp3) is 0.792. The van der Waals surface area contributed by atoms with Crippen molar-refractivity contribution >= 4 is 11.6 Å². The molecular weight excluding hydrogens is 665 g/mol. The highest BCUT2D eigenvalue weighted by Gasteiger charge is 2.11. The van der Waals surface area contributed by atoms with Gasteiger partial charge >= 0.3 is 0 Å². The van der Waals surface area contributed by atoms with E-state index >= 15 is 0 Å². The van der Waals surface area contributed by atoms with Crippen LogP contribution in [0.5, 0.6) is 11.5 Å². The van der Waals surface area contributed by atoms with Crippen LogP contribution in [0.25, 0.3) is 0 Å². The van der Waals surface area contributed by atoms with Gasteiger partial charge in [-0.1, -0.05) is 181 Å². The Morgan fingerprint density at radius 1 is 0.333 bits per heavy atom. The summed E-state index contributed by atoms with van der Waals surface area (Å²) in [6, 6.07) is 0. The van der Waals surface area contributed by atoms with E-state index in [4.69, 9.17) is 0 Å². The van der Waals surface area contributed by atoms with E-state index in [2.05, 4.69) is 34.4 Å². The van der Waals surface area contributed by atoms with Gasteiger partial charge in [-0.05, 0) is 76.6 Å². The predicted octanol–water partition coefficient (Wildman–Crippen LogP) is 15.2. The van der Waals surface area contributed by atoms with Crippen molar-refractivity contribution in [2.75, 3.05) is 23.7 Å². The lowest BCUT2D eigenvalue weighted by atomic mass is 10.0. The maximum atomic E-state index is 9.93. The van der Waals surface area contributed by atoms with Gasteiger partial charge in [-0.2, -0.15) is 0 Å². The van der Waals surface area contributed by atoms with Crippen LogP contribution in [0.2, 0.25) is 0 Å². The first-order valence-electron chi connectivity index (χ1n) is 23.0. The number of unbranched alkanes of at least 4 members (excludes halogenated alkanes) is 26. The van der Waals surface area contributed by atoms with Crippen molar-refractivity contribution in [1.29, 1.82) is 0 Å². The van der Waals surface area contributed by atoms with Gasteiger partial charge in [0.25, 0.3) is 0 Å². The number of pyridine rings is 2. The highest BCUT2D eigenvalue weighted by Crippen LogP contribution is 2.28. The van der Waals surface area contributed by atoms with Crippen molar-refractivity contribution in [2.45, 2.75) is 235 Å². The maximum Gasteiger partial charge on any atom is 0.140 e. The molecule has 0 saturated heterocycles. The molecule has 0 unspecified atom stereocenters. The number of nitrogens with one attached hydrogen (secondary N) is 2. The zero-order valence-corrected chi connectivity index (χ0v) is 37.0. The maximum absolute atomic E-state index is 9.93. The molecule has 0 atom stereocenters. The Morgan fingerprint density at radius 2 is 0.556 bits per heavy atom. The summed E-state index contributed by atoms with van der Waals surface area (Å²) >= 11 is 0. The fourth-order valence-corrected chi connectivity index (χ4v) is 7.26. The number of hydrogen-bond acceptors (Lipinski definition) is 6. The average Bonchev–Trinajstić information content (AvgIpc) is 3.17. The number of aromatic hydroxyl groups is 2. The molecule has 6 heteroatoms. The van der Waals surface area contributed by atoms with Gasteiger partial charge in [0.05, 0.1) is 11.4 Å². The predicted molar refractivity (Wildman–Crippen MR) is 238 cm³/mol. The van der Waals surface area contributed by atoms with Crippen molar-refractivity contribution in [3.8, 4) is 11.5 Å². The van der Waals surface area contributed by atoms with Crippen molar-refractivity contribution in [3.05, 3.63) is 33.6 Å². The Morgan fingerprint density at radius 3 is 0.796 bits per heavy atom. The monoisotopic (exact) mass is 753 g/mol. The van der Waals surface area contributed by atoms with E-state index in [1.165, 1.54) is 180 Å². The van der Waals surface area contributed by atoms with Crippen molar-refractivity contribution in [3.63, 3.8) is 0 Å². The van der Waals surface area contributed by atoms with Gasteiger partial charge in [0.1, 0.15) is 23.1 Å². The van der Waals surface area contributed by atoms with E-state index in [0.717, 1.165) is 47.0 Å². The molecule has 0 bridgehead atoms. The van der Waals surface area contributed by atoms with Crippen LogP contribution in [0, 0.1) is 41.5 Å². The first-order chi connectivity index (χ1) is 26.1. The standard InChI is InChI=1S/2C24H44N2O/c2*1-5-6-7-8-9-10-11-12-13-14-15-16-17-18-19-25-24-21(3)20(2)23(27)22(4)26-24/h2*27H,5-19H2,1-4H3,(H,25,26). The summed E-state index contributed by atoms with van der Waals surface area (Å²) in [5.41, 5.74) is 5.41. The van der Waals surface area contributed by atoms with E-state index in [0.29, 0.717) is 22.9 Å². The molecule has 4 N–H and O–H groups in total. The first-order valence-corrected chi connectivity index (χ1v) is 23.0. The first kappa shape index (κ1) is 49.5. The van der Waals surface area contributed by atoms with Gasteiger partial charge in [0, 0.05) is 13.1 Å². The second-order valence-corrected chi connectivity index (χ2v) is 16.3. The molecule has 6 nitrogen and oxygen atoms in total. The van der Waals surface area contributed by atoms with Crippen LogP contribution in [0.1, 0.15) is 227 Å². The summed E-state index contributed by atoms with van der Waals surface area (Å²) in [6.07, 6.45) is 38.9. The molecule has 312 valence electrons. The molecule has 2 heterocycles. The molecule has 0 amide bonds. The third-order valence-corrected chi connectivity index (χ3v) is 11.4. The molecular formula is C48H88N4O2. The Bertz CT molecular complexity index is 1120. The fourth-order valence-electron chi connectivity index (χ4n) is 7.26. The zero-order valence-electron chi connectivity index (χ0n) is 37.0. The number of hydrogen-bond donors (Lipinski definition) is 4. The SMILES string of the molecule is CCCCCCCCCCCCCCCCNc1nc(C)c(O)c(C)c1C.CCCCCCCCCCCCCCCCNc1nc(C)c(O)c(C)c1C. The lowest BCUT2D eigenvalue weighted by molar-refractivity contribution is 0.462. The highest BCUT2D eigenvalue weighted by atomic mass is 16.3. The Kier molecular flexibility index (Phi) is 30.0. The number of anilines is 2. The molecule has 0 aromatic carbocycles. The van der Waals surface area contributed by atoms with Crippen LogP contribution < -0.4 is 10.6 Å². The third-order valence-electron chi connectivity index (χ3n) is 11.4. The summed E-state index contributed by atoms with van der Waals surface area (Å²) in [5.74, 6) is 2.51. The molecule has 0 aliphatic heterocycles. The van der Waals surface area contributed by atoms with E-state index in [1.807, 2.05) is 41.5 Å². The van der Waals surface area contributed by atoms with Gasteiger partial charge in [0.15, 0.2) is 0 Å². The van der Waals surface area contributed by atoms with E-state index in [1.54, 1.807) is 0 Å². The minimum atomic E-state index is 0.328. The van der Waals surface area contributed by atoms with Crippen LogP contribution in [0.4, 0.5) is 11.6 Å². The van der Waals surface area contributed by atoms with Crippen LogP contribution in [-0.2, 0) is 0 Å². The normalized spacial score (nSPS) is 11.1. The lowest BCUT2D eigenvalue weighted by Crippen LogP contribution is -2.07. The number of aryl methyl sites for hydroxylation is 2. The number of rotatable bonds is 32. The largest absolute Gasteiger partial charge is 0.506 e. The number of nitrogens with zero attached hydrogens (tertiary/aromatic N) is 2. The molecule has 0 spiro atoms. The topological polar surface area (TPSA) is 90.3 Å². The Labute approximate surface area is 334 Å².